The zero-order valence-electron chi connectivity index (χ0n) is 21.3. The van der Waals surface area contributed by atoms with Crippen LogP contribution in [0, 0.1) is 0 Å². The molecule has 198 valence electrons. The van der Waals surface area contributed by atoms with Gasteiger partial charge in [0.1, 0.15) is 17.2 Å². The van der Waals surface area contributed by atoms with Crippen molar-refractivity contribution < 1.29 is 34.8 Å². The highest BCUT2D eigenvalue weighted by atomic mass is 16.5. The van der Waals surface area contributed by atoms with Crippen LogP contribution in [0.15, 0.2) is 73.1 Å². The van der Waals surface area contributed by atoms with Crippen molar-refractivity contribution in [1.82, 2.24) is 10.3 Å². The molecule has 1 aromatic heterocycles. The average Bonchev–Trinajstić information content (AvgIpc) is 2.85. The lowest BCUT2D eigenvalue weighted by Crippen LogP contribution is -2.19. The molecule has 0 aliphatic rings. The van der Waals surface area contributed by atoms with Crippen molar-refractivity contribution >= 4 is 18.0 Å². The van der Waals surface area contributed by atoms with Crippen LogP contribution in [0.3, 0.4) is 0 Å². The maximum absolute atomic E-state index is 10.2. The van der Waals surface area contributed by atoms with Gasteiger partial charge in [-0.25, -0.2) is 9.59 Å². The van der Waals surface area contributed by atoms with Gasteiger partial charge in [-0.15, -0.1) is 0 Å². The Morgan fingerprint density at radius 2 is 1.38 bits per heavy atom. The number of benzene rings is 2. The Bertz CT molecular complexity index is 1070. The van der Waals surface area contributed by atoms with Crippen LogP contribution in [-0.2, 0) is 0 Å². The van der Waals surface area contributed by atoms with Crippen LogP contribution in [0.4, 0.5) is 0 Å². The Labute approximate surface area is 216 Å². The molecular formula is C28H34N2O7. The van der Waals surface area contributed by atoms with E-state index < -0.39 is 11.9 Å². The van der Waals surface area contributed by atoms with Crippen molar-refractivity contribution in [2.45, 2.75) is 39.3 Å². The van der Waals surface area contributed by atoms with Gasteiger partial charge in [0.25, 0.3) is 0 Å². The molecule has 0 fully saturated rings. The van der Waals surface area contributed by atoms with Crippen LogP contribution in [0.2, 0.25) is 0 Å². The smallest absolute Gasteiger partial charge is 0.335 e. The largest absolute Gasteiger partial charge is 0.508 e. The normalized spacial score (nSPS) is 11.1. The lowest BCUT2D eigenvalue weighted by atomic mass is 10.2. The summed E-state index contributed by atoms with van der Waals surface area (Å²) in [6.07, 6.45) is 9.00. The molecule has 3 aromatic rings. The summed E-state index contributed by atoms with van der Waals surface area (Å²) in [5, 5.41) is 37.5. The van der Waals surface area contributed by atoms with Gasteiger partial charge in [-0.2, -0.15) is 0 Å². The van der Waals surface area contributed by atoms with Crippen molar-refractivity contribution in [3.63, 3.8) is 0 Å². The molecule has 9 heteroatoms. The van der Waals surface area contributed by atoms with Gasteiger partial charge in [0.05, 0.1) is 23.4 Å². The monoisotopic (exact) mass is 510 g/mol. The first-order valence-corrected chi connectivity index (χ1v) is 11.5. The lowest BCUT2D eigenvalue weighted by molar-refractivity contribution is 0.0686. The molecular weight excluding hydrogens is 476 g/mol. The fourth-order valence-corrected chi connectivity index (χ4v) is 2.60. The first kappa shape index (κ1) is 30.7. The van der Waals surface area contributed by atoms with E-state index in [1.165, 1.54) is 48.5 Å². The molecule has 9 nitrogen and oxygen atoms in total. The van der Waals surface area contributed by atoms with Gasteiger partial charge in [0.15, 0.2) is 0 Å². The number of aromatic hydroxyl groups is 2. The van der Waals surface area contributed by atoms with Crippen LogP contribution in [0.25, 0.3) is 6.08 Å². The van der Waals surface area contributed by atoms with Crippen LogP contribution in [0.1, 0.15) is 53.5 Å². The molecule has 0 saturated heterocycles. The van der Waals surface area contributed by atoms with E-state index in [0.29, 0.717) is 6.04 Å². The zero-order valence-corrected chi connectivity index (χ0v) is 21.3. The lowest BCUT2D eigenvalue weighted by Gasteiger charge is -2.09. The fraction of sp³-hybridized carbons (Fsp3) is 0.250. The maximum Gasteiger partial charge on any atom is 0.335 e. The highest BCUT2D eigenvalue weighted by Gasteiger charge is 2.01. The summed E-state index contributed by atoms with van der Waals surface area (Å²) < 4.78 is 5.59. The number of carboxylic acid groups (broad SMARTS) is 2. The number of hydrogen-bond acceptors (Lipinski definition) is 7. The van der Waals surface area contributed by atoms with Gasteiger partial charge in [0, 0.05) is 12.2 Å². The van der Waals surface area contributed by atoms with E-state index in [1.807, 2.05) is 33.2 Å². The second-order valence-electron chi connectivity index (χ2n) is 8.15. The number of phenolic OH excluding ortho intramolecular Hbond substituents is 2. The minimum absolute atomic E-state index is 0.0741. The molecule has 0 spiro atoms. The Morgan fingerprint density at radius 3 is 1.78 bits per heavy atom. The second kappa shape index (κ2) is 16.3. The first-order valence-electron chi connectivity index (χ1n) is 11.5. The Kier molecular flexibility index (Phi) is 13.5. The number of phenols is 2. The number of aromatic nitrogens is 1. The van der Waals surface area contributed by atoms with Crippen LogP contribution < -0.4 is 10.1 Å². The van der Waals surface area contributed by atoms with E-state index in [-0.39, 0.29) is 28.7 Å². The molecule has 2 aromatic carbocycles. The Hall–Kier alpha value is -4.37. The summed E-state index contributed by atoms with van der Waals surface area (Å²) in [6, 6.07) is 13.2. The maximum atomic E-state index is 10.2. The minimum Gasteiger partial charge on any atom is -0.508 e. The summed E-state index contributed by atoms with van der Waals surface area (Å²) in [4.78, 5) is 24.6. The molecule has 0 bridgehead atoms. The van der Waals surface area contributed by atoms with E-state index in [0.717, 1.165) is 17.7 Å². The third-order valence-corrected chi connectivity index (χ3v) is 4.63. The van der Waals surface area contributed by atoms with Gasteiger partial charge in [-0.3, -0.25) is 4.98 Å². The molecule has 1 heterocycles. The number of carboxylic acids is 2. The second-order valence-corrected chi connectivity index (χ2v) is 8.15. The summed E-state index contributed by atoms with van der Waals surface area (Å²) in [6.45, 7) is 6.18. The van der Waals surface area contributed by atoms with Crippen LogP contribution in [0.5, 0.6) is 17.2 Å². The highest BCUT2D eigenvalue weighted by molar-refractivity contribution is 5.88. The number of nitrogens with one attached hydrogen (secondary N) is 1. The van der Waals surface area contributed by atoms with E-state index in [9.17, 15) is 9.59 Å². The third kappa shape index (κ3) is 13.3. The molecule has 37 heavy (non-hydrogen) atoms. The summed E-state index contributed by atoms with van der Waals surface area (Å²) in [7, 11) is 1.97. The van der Waals surface area contributed by atoms with E-state index in [1.54, 1.807) is 6.20 Å². The zero-order chi connectivity index (χ0) is 27.8. The van der Waals surface area contributed by atoms with E-state index in [4.69, 9.17) is 25.2 Å². The van der Waals surface area contributed by atoms with Crippen molar-refractivity contribution in [2.75, 3.05) is 7.05 Å². The number of aromatic carboxylic acids is 2. The number of hydrogen-bond donors (Lipinski definition) is 5. The molecule has 0 unspecified atom stereocenters. The van der Waals surface area contributed by atoms with E-state index in [2.05, 4.69) is 29.4 Å². The van der Waals surface area contributed by atoms with Crippen molar-refractivity contribution in [1.29, 1.82) is 0 Å². The predicted octanol–water partition coefficient (Wildman–Crippen LogP) is 5.06. The van der Waals surface area contributed by atoms with Gasteiger partial charge >= 0.3 is 11.9 Å². The number of ether oxygens (including phenoxy) is 1. The molecule has 0 radical (unpaired) electrons. The molecule has 5 N–H and O–H groups in total. The topological polar surface area (TPSA) is 149 Å². The highest BCUT2D eigenvalue weighted by Crippen LogP contribution is 2.14. The summed E-state index contributed by atoms with van der Waals surface area (Å²) >= 11 is 0. The van der Waals surface area contributed by atoms with Crippen molar-refractivity contribution in [3.8, 4) is 17.2 Å². The van der Waals surface area contributed by atoms with Crippen LogP contribution in [-0.4, -0.2) is 56.5 Å². The Morgan fingerprint density at radius 1 is 0.892 bits per heavy atom. The fourth-order valence-electron chi connectivity index (χ4n) is 2.60. The van der Waals surface area contributed by atoms with Gasteiger partial charge < -0.3 is 30.5 Å². The van der Waals surface area contributed by atoms with Crippen molar-refractivity contribution in [3.05, 3.63) is 89.8 Å². The van der Waals surface area contributed by atoms with Gasteiger partial charge in [-0.05, 0) is 94.4 Å². The van der Waals surface area contributed by atoms with Gasteiger partial charge in [0.2, 0.25) is 0 Å². The molecule has 0 aliphatic carbocycles. The molecule has 3 rings (SSSR count). The number of nitrogens with zero attached hydrogens (tertiary/aromatic N) is 1. The summed E-state index contributed by atoms with van der Waals surface area (Å²) in [5.74, 6) is -1.00. The average molecular weight is 511 g/mol. The Balaban J connectivity index is 0.000000294. The predicted molar refractivity (Wildman–Crippen MR) is 142 cm³/mol. The number of rotatable bonds is 8. The molecule has 1 atom stereocenters. The quantitative estimate of drug-likeness (QED) is 0.280. The molecule has 0 saturated carbocycles. The summed E-state index contributed by atoms with van der Waals surface area (Å²) in [5.41, 5.74) is 1.43. The number of carbonyl (C=O) groups is 2. The number of pyridine rings is 1. The molecule has 0 amide bonds. The van der Waals surface area contributed by atoms with Crippen molar-refractivity contribution in [2.24, 2.45) is 0 Å². The SMILES string of the molecule is CN[C@@H](C)C/C=C/c1cncc(OC(C)C)c1.O=C(O)c1ccc(O)cc1.O=C(O)c1ccc(O)cc1. The van der Waals surface area contributed by atoms with E-state index >= 15 is 0 Å². The molecule has 0 aliphatic heterocycles. The van der Waals surface area contributed by atoms with Crippen LogP contribution >= 0.6 is 0 Å². The minimum atomic E-state index is -0.986. The van der Waals surface area contributed by atoms with Gasteiger partial charge in [-0.1, -0.05) is 12.2 Å². The first-order chi connectivity index (χ1) is 17.5. The standard InChI is InChI=1S/C14H22N2O.2C7H6O3/c1-11(2)17-14-8-13(9-16-10-14)7-5-6-12(3)15-4;2*8-6-3-1-5(2-4-6)7(9)10/h5,7-12,15H,6H2,1-4H3;2*1-4,8H,(H,9,10)/b7-5+;;/t12-;;/m0../s1. The third-order valence-electron chi connectivity index (χ3n) is 4.63.